The average molecular weight is 408 g/mol. The van der Waals surface area contributed by atoms with Crippen molar-refractivity contribution in [1.82, 2.24) is 14.7 Å². The van der Waals surface area contributed by atoms with Crippen LogP contribution in [0.25, 0.3) is 6.08 Å². The van der Waals surface area contributed by atoms with Crippen LogP contribution in [0.3, 0.4) is 0 Å². The number of benzene rings is 1. The highest BCUT2D eigenvalue weighted by Crippen LogP contribution is 2.21. The van der Waals surface area contributed by atoms with E-state index < -0.39 is 0 Å². The number of carbonyl (C=O) groups is 2. The number of piperazine rings is 1. The first-order valence-corrected chi connectivity index (χ1v) is 10.7. The average Bonchev–Trinajstić information content (AvgIpc) is 3.34. The monoisotopic (exact) mass is 407 g/mol. The third kappa shape index (κ3) is 5.00. The Morgan fingerprint density at radius 2 is 1.80 bits per heavy atom. The van der Waals surface area contributed by atoms with Gasteiger partial charge in [0.25, 0.3) is 5.91 Å². The molecule has 0 radical (unpaired) electrons. The van der Waals surface area contributed by atoms with Crippen molar-refractivity contribution in [2.24, 2.45) is 5.92 Å². The minimum atomic E-state index is -0.0980. The molecule has 1 aromatic carbocycles. The van der Waals surface area contributed by atoms with Crippen LogP contribution in [0, 0.1) is 5.92 Å². The quantitative estimate of drug-likeness (QED) is 0.765. The molecule has 6 nitrogen and oxygen atoms in total. The molecule has 2 saturated heterocycles. The molecule has 2 aromatic rings. The van der Waals surface area contributed by atoms with Gasteiger partial charge in [0.05, 0.1) is 17.7 Å². The van der Waals surface area contributed by atoms with Crippen molar-refractivity contribution >= 4 is 17.9 Å². The van der Waals surface area contributed by atoms with Gasteiger partial charge < -0.3 is 14.2 Å². The van der Waals surface area contributed by atoms with Crippen molar-refractivity contribution in [3.8, 4) is 0 Å². The van der Waals surface area contributed by atoms with Crippen LogP contribution in [0.1, 0.15) is 28.8 Å². The van der Waals surface area contributed by atoms with Crippen LogP contribution in [0.5, 0.6) is 0 Å². The van der Waals surface area contributed by atoms with Crippen LogP contribution in [0.15, 0.2) is 59.4 Å². The molecule has 3 heterocycles. The number of likely N-dealkylation sites (tertiary alicyclic amines) is 1. The molecular weight excluding hydrogens is 378 g/mol. The van der Waals surface area contributed by atoms with Gasteiger partial charge >= 0.3 is 0 Å². The zero-order chi connectivity index (χ0) is 20.8. The number of carbonyl (C=O) groups excluding carboxylic acids is 2. The summed E-state index contributed by atoms with van der Waals surface area (Å²) in [7, 11) is 0. The Morgan fingerprint density at radius 1 is 1.00 bits per heavy atom. The second kappa shape index (κ2) is 9.76. The number of amides is 2. The zero-order valence-corrected chi connectivity index (χ0v) is 17.3. The molecule has 0 N–H and O–H groups in total. The number of hydrogen-bond acceptors (Lipinski definition) is 4. The Bertz CT molecular complexity index is 855. The van der Waals surface area contributed by atoms with E-state index in [1.807, 2.05) is 23.1 Å². The molecule has 0 bridgehead atoms. The summed E-state index contributed by atoms with van der Waals surface area (Å²) >= 11 is 0. The first-order valence-electron chi connectivity index (χ1n) is 10.7. The highest BCUT2D eigenvalue weighted by Gasteiger charge is 2.32. The predicted molar refractivity (Wildman–Crippen MR) is 116 cm³/mol. The Balaban J connectivity index is 1.24. The summed E-state index contributed by atoms with van der Waals surface area (Å²) in [4.78, 5) is 31.8. The number of nitrogens with zero attached hydrogens (tertiary/aromatic N) is 3. The third-order valence-corrected chi connectivity index (χ3v) is 5.98. The van der Waals surface area contributed by atoms with Gasteiger partial charge in [-0.3, -0.25) is 14.5 Å². The molecule has 0 spiro atoms. The second-order valence-electron chi connectivity index (χ2n) is 8.04. The van der Waals surface area contributed by atoms with Crippen LogP contribution in [-0.4, -0.2) is 72.3 Å². The van der Waals surface area contributed by atoms with E-state index in [0.29, 0.717) is 18.7 Å². The maximum Gasteiger partial charge on any atom is 0.257 e. The van der Waals surface area contributed by atoms with Gasteiger partial charge in [-0.05, 0) is 24.5 Å². The summed E-state index contributed by atoms with van der Waals surface area (Å²) in [6, 6.07) is 12.0. The highest BCUT2D eigenvalue weighted by molar-refractivity contribution is 5.94. The van der Waals surface area contributed by atoms with Gasteiger partial charge in [0.1, 0.15) is 6.26 Å². The summed E-state index contributed by atoms with van der Waals surface area (Å²) in [5, 5.41) is 0. The van der Waals surface area contributed by atoms with Crippen molar-refractivity contribution < 1.29 is 14.0 Å². The van der Waals surface area contributed by atoms with E-state index in [4.69, 9.17) is 4.42 Å². The Morgan fingerprint density at radius 3 is 2.53 bits per heavy atom. The second-order valence-corrected chi connectivity index (χ2v) is 8.04. The molecule has 2 amide bonds. The maximum atomic E-state index is 13.1. The molecule has 1 aromatic heterocycles. The van der Waals surface area contributed by atoms with Gasteiger partial charge in [-0.15, -0.1) is 0 Å². The summed E-state index contributed by atoms with van der Waals surface area (Å²) in [6.45, 7) is 5.38. The molecule has 2 fully saturated rings. The van der Waals surface area contributed by atoms with Crippen LogP contribution < -0.4 is 0 Å². The molecule has 0 aliphatic carbocycles. The molecule has 0 saturated carbocycles. The molecule has 30 heavy (non-hydrogen) atoms. The van der Waals surface area contributed by atoms with E-state index in [1.54, 1.807) is 11.0 Å². The van der Waals surface area contributed by atoms with Crippen molar-refractivity contribution in [2.45, 2.75) is 12.8 Å². The first-order chi connectivity index (χ1) is 14.7. The van der Waals surface area contributed by atoms with Gasteiger partial charge in [-0.1, -0.05) is 42.5 Å². The minimum Gasteiger partial charge on any atom is -0.472 e. The Hall–Kier alpha value is -2.86. The van der Waals surface area contributed by atoms with Gasteiger partial charge in [0, 0.05) is 45.8 Å². The van der Waals surface area contributed by atoms with E-state index in [-0.39, 0.29) is 17.7 Å². The number of hydrogen-bond donors (Lipinski definition) is 0. The van der Waals surface area contributed by atoms with Crippen molar-refractivity contribution in [3.63, 3.8) is 0 Å². The fourth-order valence-corrected chi connectivity index (χ4v) is 4.24. The van der Waals surface area contributed by atoms with E-state index >= 15 is 0 Å². The lowest BCUT2D eigenvalue weighted by atomic mass is 9.95. The Kier molecular flexibility index (Phi) is 6.64. The largest absolute Gasteiger partial charge is 0.472 e. The van der Waals surface area contributed by atoms with E-state index in [1.165, 1.54) is 18.1 Å². The molecule has 158 valence electrons. The van der Waals surface area contributed by atoms with Crippen molar-refractivity contribution in [2.75, 3.05) is 45.8 Å². The summed E-state index contributed by atoms with van der Waals surface area (Å²) < 4.78 is 5.03. The van der Waals surface area contributed by atoms with Gasteiger partial charge in [0.15, 0.2) is 0 Å². The van der Waals surface area contributed by atoms with Crippen molar-refractivity contribution in [1.29, 1.82) is 0 Å². The molecule has 1 atom stereocenters. The highest BCUT2D eigenvalue weighted by atomic mass is 16.3. The summed E-state index contributed by atoms with van der Waals surface area (Å²) in [6.07, 6.45) is 9.03. The first kappa shape index (κ1) is 20.4. The fraction of sp³-hybridized carbons (Fsp3) is 0.417. The summed E-state index contributed by atoms with van der Waals surface area (Å²) in [5.41, 5.74) is 1.76. The van der Waals surface area contributed by atoms with E-state index in [0.717, 1.165) is 45.6 Å². The number of furan rings is 1. The molecule has 6 heteroatoms. The van der Waals surface area contributed by atoms with Crippen LogP contribution in [-0.2, 0) is 4.79 Å². The third-order valence-electron chi connectivity index (χ3n) is 5.98. The van der Waals surface area contributed by atoms with Gasteiger partial charge in [0.2, 0.25) is 5.91 Å². The maximum absolute atomic E-state index is 13.1. The number of piperidine rings is 1. The van der Waals surface area contributed by atoms with Crippen molar-refractivity contribution in [3.05, 3.63) is 66.1 Å². The smallest absolute Gasteiger partial charge is 0.257 e. The van der Waals surface area contributed by atoms with E-state index in [2.05, 4.69) is 29.2 Å². The minimum absolute atomic E-state index is 0.0451. The number of rotatable bonds is 5. The van der Waals surface area contributed by atoms with Crippen LogP contribution in [0.2, 0.25) is 0 Å². The molecule has 0 unspecified atom stereocenters. The Labute approximate surface area is 177 Å². The normalized spacial score (nSPS) is 20.6. The zero-order valence-electron chi connectivity index (χ0n) is 17.3. The van der Waals surface area contributed by atoms with Crippen LogP contribution >= 0.6 is 0 Å². The lowest BCUT2D eigenvalue weighted by Crippen LogP contribution is -2.53. The van der Waals surface area contributed by atoms with E-state index in [9.17, 15) is 9.59 Å². The van der Waals surface area contributed by atoms with Gasteiger partial charge in [-0.25, -0.2) is 0 Å². The lowest BCUT2D eigenvalue weighted by Gasteiger charge is -2.38. The molecule has 4 rings (SSSR count). The lowest BCUT2D eigenvalue weighted by molar-refractivity contribution is -0.138. The molecule has 2 aliphatic heterocycles. The standard InChI is InChI=1S/C24H29N3O3/c28-23(21-9-5-12-27(18-21)24(29)22-10-17-30-19-22)26-15-13-25(14-16-26)11-4-8-20-6-2-1-3-7-20/h1-4,6-8,10,17,19,21H,5,9,11-16,18H2/b8-4+/t21-/m1/s1. The summed E-state index contributed by atoms with van der Waals surface area (Å²) in [5.74, 6) is 0.0505. The topological polar surface area (TPSA) is 57.0 Å². The fourth-order valence-electron chi connectivity index (χ4n) is 4.24. The SMILES string of the molecule is O=C(c1ccoc1)N1CCC[C@@H](C(=O)N2CCN(C/C=C/c3ccccc3)CC2)C1. The van der Waals surface area contributed by atoms with Gasteiger partial charge in [-0.2, -0.15) is 0 Å². The van der Waals surface area contributed by atoms with Crippen LogP contribution in [0.4, 0.5) is 0 Å². The molecular formula is C24H29N3O3. The molecule has 2 aliphatic rings. The predicted octanol–water partition coefficient (Wildman–Crippen LogP) is 2.99.